The summed E-state index contributed by atoms with van der Waals surface area (Å²) in [6, 6.07) is 0. The van der Waals surface area contributed by atoms with Gasteiger partial charge in [-0.05, 0) is 6.92 Å². The molecule has 2 unspecified atom stereocenters. The summed E-state index contributed by atoms with van der Waals surface area (Å²) in [5.41, 5.74) is -1.37. The summed E-state index contributed by atoms with van der Waals surface area (Å²) in [6.45, 7) is 0.755. The molecule has 1 saturated heterocycles. The Morgan fingerprint density at radius 3 is 2.42 bits per heavy atom. The molecule has 1 aliphatic heterocycles. The van der Waals surface area contributed by atoms with Crippen LogP contribution in [-0.2, 0) is 31.6 Å². The highest BCUT2D eigenvalue weighted by Crippen LogP contribution is 2.66. The summed E-state index contributed by atoms with van der Waals surface area (Å²) in [6.07, 6.45) is 0.218. The molecule has 0 spiro atoms. The minimum Gasteiger partial charge on any atom is -0.390 e. The molecule has 5 atom stereocenters. The quantitative estimate of drug-likeness (QED) is 0.232. The van der Waals surface area contributed by atoms with Gasteiger partial charge in [-0.15, -0.1) is 0 Å². The standard InChI is InChI=1S/C12H19N2O14P3/c1-2-3-7-5-14(12(17)13-11(7)16)10-4-8(15)9(26-10)6-25-30(21,22)28-31(23,24)27-29(18,19)20/h2-3,5,8-10,15H,4,6H2,1H3,(H,21,22)(H,23,24)(H,13,16,17)(H2,18,19,20)/b3-2+/t8-,9+,10+/m0/s1. The van der Waals surface area contributed by atoms with E-state index in [1.165, 1.54) is 12.3 Å². The van der Waals surface area contributed by atoms with Gasteiger partial charge < -0.3 is 29.4 Å². The van der Waals surface area contributed by atoms with Crippen LogP contribution in [-0.4, -0.2) is 53.0 Å². The molecule has 2 heterocycles. The van der Waals surface area contributed by atoms with Crippen LogP contribution in [0.1, 0.15) is 25.1 Å². The zero-order valence-electron chi connectivity index (χ0n) is 15.6. The molecule has 6 N–H and O–H groups in total. The predicted molar refractivity (Wildman–Crippen MR) is 100 cm³/mol. The van der Waals surface area contributed by atoms with Gasteiger partial charge in [0, 0.05) is 12.6 Å². The van der Waals surface area contributed by atoms with Crippen LogP contribution in [0.4, 0.5) is 0 Å². The lowest BCUT2D eigenvalue weighted by molar-refractivity contribution is -0.0450. The molecular weight excluding hydrogens is 489 g/mol. The third-order valence-corrected chi connectivity index (χ3v) is 7.48. The van der Waals surface area contributed by atoms with E-state index in [4.69, 9.17) is 19.4 Å². The summed E-state index contributed by atoms with van der Waals surface area (Å²) < 4.78 is 51.5. The topological polar surface area (TPSA) is 244 Å². The smallest absolute Gasteiger partial charge is 0.390 e. The van der Waals surface area contributed by atoms with Gasteiger partial charge in [0.05, 0.1) is 18.3 Å². The van der Waals surface area contributed by atoms with Crippen molar-refractivity contribution < 1.29 is 56.3 Å². The Bertz CT molecular complexity index is 1090. The first kappa shape index (κ1) is 26.0. The number of nitrogens with zero attached hydrogens (tertiary/aromatic N) is 1. The van der Waals surface area contributed by atoms with Crippen molar-refractivity contribution in [2.45, 2.75) is 31.8 Å². The number of hydrogen-bond donors (Lipinski definition) is 6. The third kappa shape index (κ3) is 7.68. The largest absolute Gasteiger partial charge is 0.490 e. The Labute approximate surface area is 173 Å². The van der Waals surface area contributed by atoms with E-state index < -0.39 is 59.8 Å². The fraction of sp³-hybridized carbons (Fsp3) is 0.500. The fourth-order valence-corrected chi connectivity index (χ4v) is 5.55. The average Bonchev–Trinajstić information content (AvgIpc) is 2.93. The van der Waals surface area contributed by atoms with E-state index in [9.17, 15) is 33.3 Å². The highest BCUT2D eigenvalue weighted by atomic mass is 31.3. The van der Waals surface area contributed by atoms with Crippen LogP contribution in [0.5, 0.6) is 0 Å². The number of phosphoric ester groups is 1. The highest BCUT2D eigenvalue weighted by molar-refractivity contribution is 7.66. The van der Waals surface area contributed by atoms with E-state index in [2.05, 4.69) is 18.1 Å². The number of hydrogen-bond acceptors (Lipinski definition) is 10. The molecule has 0 aromatic carbocycles. The van der Waals surface area contributed by atoms with E-state index >= 15 is 0 Å². The van der Waals surface area contributed by atoms with E-state index in [0.717, 1.165) is 4.57 Å². The van der Waals surface area contributed by atoms with Gasteiger partial charge in [0.1, 0.15) is 12.3 Å². The Hall–Kier alpha value is -1.25. The SMILES string of the molecule is C/C=C/c1cn([C@H]2C[C@H](O)[C@@H](COP(=O)(O)OP(=O)(O)OP(=O)(O)O)O2)c(=O)[nH]c1=O. The van der Waals surface area contributed by atoms with Crippen molar-refractivity contribution in [2.24, 2.45) is 0 Å². The van der Waals surface area contributed by atoms with Crippen LogP contribution in [0.25, 0.3) is 6.08 Å². The molecule has 1 aliphatic rings. The summed E-state index contributed by atoms with van der Waals surface area (Å²) in [5, 5.41) is 10.1. The van der Waals surface area contributed by atoms with E-state index in [-0.39, 0.29) is 12.0 Å². The minimum absolute atomic E-state index is 0.122. The Kier molecular flexibility index (Phi) is 8.15. The summed E-state index contributed by atoms with van der Waals surface area (Å²) in [7, 11) is -16.6. The van der Waals surface area contributed by atoms with Crippen LogP contribution in [0, 0.1) is 0 Å². The van der Waals surface area contributed by atoms with Crippen LogP contribution in [0.2, 0.25) is 0 Å². The number of phosphoric acid groups is 3. The molecule has 19 heteroatoms. The second kappa shape index (κ2) is 9.71. The molecule has 1 aromatic heterocycles. The van der Waals surface area contributed by atoms with Crippen LogP contribution >= 0.6 is 23.5 Å². The van der Waals surface area contributed by atoms with Crippen molar-refractivity contribution in [2.75, 3.05) is 6.61 Å². The maximum atomic E-state index is 12.0. The van der Waals surface area contributed by atoms with E-state index in [0.29, 0.717) is 0 Å². The summed E-state index contributed by atoms with van der Waals surface area (Å²) in [4.78, 5) is 61.3. The van der Waals surface area contributed by atoms with Crippen molar-refractivity contribution in [3.63, 3.8) is 0 Å². The maximum absolute atomic E-state index is 12.0. The number of ether oxygens (including phenoxy) is 1. The third-order valence-electron chi connectivity index (χ3n) is 3.67. The second-order valence-electron chi connectivity index (χ2n) is 6.07. The van der Waals surface area contributed by atoms with Crippen molar-refractivity contribution in [1.29, 1.82) is 0 Å². The molecule has 0 bridgehead atoms. The summed E-state index contributed by atoms with van der Waals surface area (Å²) in [5.74, 6) is 0. The molecule has 16 nitrogen and oxygen atoms in total. The van der Waals surface area contributed by atoms with Gasteiger partial charge in [-0.3, -0.25) is 18.9 Å². The zero-order chi connectivity index (χ0) is 23.6. The first-order chi connectivity index (χ1) is 14.1. The monoisotopic (exact) mass is 508 g/mol. The molecule has 0 aliphatic carbocycles. The number of rotatable bonds is 9. The van der Waals surface area contributed by atoms with E-state index in [1.54, 1.807) is 13.0 Å². The zero-order valence-corrected chi connectivity index (χ0v) is 18.3. The fourth-order valence-electron chi connectivity index (χ4n) is 2.52. The van der Waals surface area contributed by atoms with Crippen molar-refractivity contribution in [1.82, 2.24) is 9.55 Å². The number of aromatic amines is 1. The van der Waals surface area contributed by atoms with Gasteiger partial charge in [0.25, 0.3) is 5.56 Å². The lowest BCUT2D eigenvalue weighted by Crippen LogP contribution is -2.33. The van der Waals surface area contributed by atoms with E-state index in [1.807, 2.05) is 0 Å². The van der Waals surface area contributed by atoms with Gasteiger partial charge in [-0.1, -0.05) is 12.2 Å². The number of aromatic nitrogens is 2. The lowest BCUT2D eigenvalue weighted by Gasteiger charge is -2.19. The molecular formula is C12H19N2O14P3. The second-order valence-corrected chi connectivity index (χ2v) is 10.5. The number of allylic oxidation sites excluding steroid dienone is 1. The number of H-pyrrole nitrogens is 1. The van der Waals surface area contributed by atoms with Crippen LogP contribution < -0.4 is 11.2 Å². The minimum atomic E-state index is -5.69. The molecule has 0 saturated carbocycles. The van der Waals surface area contributed by atoms with Gasteiger partial charge in [0.15, 0.2) is 0 Å². The number of nitrogens with one attached hydrogen (secondary N) is 1. The van der Waals surface area contributed by atoms with Crippen molar-refractivity contribution >= 4 is 29.5 Å². The van der Waals surface area contributed by atoms with Crippen LogP contribution in [0.15, 0.2) is 21.9 Å². The first-order valence-electron chi connectivity index (χ1n) is 8.22. The molecule has 2 rings (SSSR count). The molecule has 31 heavy (non-hydrogen) atoms. The summed E-state index contributed by atoms with van der Waals surface area (Å²) >= 11 is 0. The van der Waals surface area contributed by atoms with Crippen molar-refractivity contribution in [3.8, 4) is 0 Å². The van der Waals surface area contributed by atoms with Crippen molar-refractivity contribution in [3.05, 3.63) is 38.7 Å². The molecule has 1 aromatic rings. The van der Waals surface area contributed by atoms with Gasteiger partial charge in [-0.2, -0.15) is 8.62 Å². The maximum Gasteiger partial charge on any atom is 0.490 e. The normalized spacial score (nSPS) is 26.1. The Balaban J connectivity index is 2.07. The lowest BCUT2D eigenvalue weighted by atomic mass is 10.2. The first-order valence-corrected chi connectivity index (χ1v) is 12.7. The molecule has 176 valence electrons. The number of aliphatic hydroxyl groups is 1. The van der Waals surface area contributed by atoms with Gasteiger partial charge >= 0.3 is 29.2 Å². The number of aliphatic hydroxyl groups excluding tert-OH is 1. The van der Waals surface area contributed by atoms with Gasteiger partial charge in [-0.25, -0.2) is 18.5 Å². The van der Waals surface area contributed by atoms with Crippen LogP contribution in [0.3, 0.4) is 0 Å². The predicted octanol–water partition coefficient (Wildman–Crippen LogP) is -0.439. The molecule has 0 radical (unpaired) electrons. The highest BCUT2D eigenvalue weighted by Gasteiger charge is 2.42. The average molecular weight is 508 g/mol. The molecule has 1 fully saturated rings. The Morgan fingerprint density at radius 1 is 1.19 bits per heavy atom. The molecule has 0 amide bonds. The Morgan fingerprint density at radius 2 is 1.84 bits per heavy atom. The van der Waals surface area contributed by atoms with Gasteiger partial charge in [0.2, 0.25) is 0 Å².